The van der Waals surface area contributed by atoms with Crippen LogP contribution in [-0.4, -0.2) is 33.1 Å². The maximum absolute atomic E-state index is 10.6. The number of thioether (sulfide) groups is 2. The van der Waals surface area contributed by atoms with Gasteiger partial charge in [0.2, 0.25) is 0 Å². The van der Waals surface area contributed by atoms with E-state index in [1.807, 2.05) is 11.8 Å². The van der Waals surface area contributed by atoms with E-state index in [9.17, 15) is 4.79 Å². The van der Waals surface area contributed by atoms with Crippen LogP contribution in [0, 0.1) is 11.8 Å². The van der Waals surface area contributed by atoms with E-state index in [0.717, 1.165) is 40.9 Å². The first-order valence-electron chi connectivity index (χ1n) is 11.6. The number of hydrogen-bond donors (Lipinski definition) is 1. The van der Waals surface area contributed by atoms with Gasteiger partial charge >= 0.3 is 5.97 Å². The SMILES string of the molecule is O=C(O)CCC/C=C\C[C@H]1C2CC[C@H](S2)[C@H]1CCCCSCC=Cc1ccccc1. The van der Waals surface area contributed by atoms with Crippen LogP contribution >= 0.6 is 23.5 Å². The fourth-order valence-electron chi connectivity index (χ4n) is 4.82. The van der Waals surface area contributed by atoms with Gasteiger partial charge in [0.25, 0.3) is 0 Å². The zero-order valence-corrected chi connectivity index (χ0v) is 19.6. The number of hydrogen-bond acceptors (Lipinski definition) is 3. The van der Waals surface area contributed by atoms with Gasteiger partial charge in [-0.2, -0.15) is 23.5 Å². The van der Waals surface area contributed by atoms with E-state index in [1.54, 1.807) is 0 Å². The van der Waals surface area contributed by atoms with Crippen molar-refractivity contribution in [3.63, 3.8) is 0 Å². The minimum absolute atomic E-state index is 0.289. The number of carbonyl (C=O) groups is 1. The molecule has 2 saturated heterocycles. The number of carboxylic acid groups (broad SMARTS) is 1. The highest BCUT2D eigenvalue weighted by Crippen LogP contribution is 2.55. The quantitative estimate of drug-likeness (QED) is 0.241. The third kappa shape index (κ3) is 7.85. The highest BCUT2D eigenvalue weighted by Gasteiger charge is 2.46. The summed E-state index contributed by atoms with van der Waals surface area (Å²) in [6.45, 7) is 0. The minimum atomic E-state index is -0.682. The lowest BCUT2D eigenvalue weighted by Gasteiger charge is -2.29. The fraction of sp³-hybridized carbons (Fsp3) is 0.577. The summed E-state index contributed by atoms with van der Waals surface area (Å²) in [5.74, 6) is 3.44. The molecule has 0 amide bonds. The van der Waals surface area contributed by atoms with E-state index in [4.69, 9.17) is 5.11 Å². The van der Waals surface area contributed by atoms with Crippen molar-refractivity contribution in [2.45, 2.75) is 68.3 Å². The molecule has 30 heavy (non-hydrogen) atoms. The van der Waals surface area contributed by atoms with Crippen LogP contribution in [0.1, 0.15) is 63.4 Å². The summed E-state index contributed by atoms with van der Waals surface area (Å²) in [5, 5.41) is 10.5. The molecule has 1 aromatic rings. The van der Waals surface area contributed by atoms with Crippen LogP contribution in [0.5, 0.6) is 0 Å². The van der Waals surface area contributed by atoms with Crippen LogP contribution in [0.3, 0.4) is 0 Å². The van der Waals surface area contributed by atoms with Crippen LogP contribution in [0.15, 0.2) is 48.6 Å². The molecule has 0 saturated carbocycles. The van der Waals surface area contributed by atoms with Crippen molar-refractivity contribution < 1.29 is 9.90 Å². The molecule has 164 valence electrons. The number of carboxylic acids is 1. The summed E-state index contributed by atoms with van der Waals surface area (Å²) in [6.07, 6.45) is 19.2. The smallest absolute Gasteiger partial charge is 0.303 e. The fourth-order valence-corrected chi connectivity index (χ4v) is 7.68. The van der Waals surface area contributed by atoms with E-state index in [1.165, 1.54) is 49.8 Å². The van der Waals surface area contributed by atoms with Gasteiger partial charge in [0.05, 0.1) is 0 Å². The topological polar surface area (TPSA) is 37.3 Å². The lowest BCUT2D eigenvalue weighted by Crippen LogP contribution is -2.26. The second-order valence-electron chi connectivity index (χ2n) is 8.49. The van der Waals surface area contributed by atoms with Crippen LogP contribution in [0.4, 0.5) is 0 Å². The van der Waals surface area contributed by atoms with Crippen LogP contribution < -0.4 is 0 Å². The molecule has 1 N–H and O–H groups in total. The Kier molecular flexibility index (Phi) is 10.4. The Morgan fingerprint density at radius 1 is 1.03 bits per heavy atom. The molecular weight excluding hydrogens is 408 g/mol. The van der Waals surface area contributed by atoms with Crippen molar-refractivity contribution in [3.05, 3.63) is 54.1 Å². The lowest BCUT2D eigenvalue weighted by atomic mass is 9.75. The highest BCUT2D eigenvalue weighted by atomic mass is 32.2. The first-order valence-corrected chi connectivity index (χ1v) is 13.7. The second-order valence-corrected chi connectivity index (χ2v) is 11.1. The molecule has 1 unspecified atom stereocenters. The van der Waals surface area contributed by atoms with E-state index in [2.05, 4.69) is 66.4 Å². The number of fused-ring (bicyclic) bond motifs is 2. The molecule has 2 heterocycles. The van der Waals surface area contributed by atoms with Gasteiger partial charge in [-0.1, -0.05) is 61.1 Å². The Balaban J connectivity index is 1.28. The monoisotopic (exact) mass is 444 g/mol. The Hall–Kier alpha value is -1.13. The standard InChI is InChI=1S/C26H36O2S2/c27-26(28)16-7-2-1-6-14-22-23(25-18-17-24(22)30-25)15-8-9-19-29-20-10-13-21-11-4-3-5-12-21/h1,3-6,10-13,22-25H,2,7-9,14-20H2,(H,27,28)/b6-1-,13-10?/t22-,23+,24?,25+/m1/s1. The van der Waals surface area contributed by atoms with E-state index >= 15 is 0 Å². The van der Waals surface area contributed by atoms with Crippen LogP contribution in [0.25, 0.3) is 6.08 Å². The number of benzene rings is 1. The van der Waals surface area contributed by atoms with E-state index in [-0.39, 0.29) is 6.42 Å². The van der Waals surface area contributed by atoms with Crippen molar-refractivity contribution in [2.24, 2.45) is 11.8 Å². The molecule has 4 heteroatoms. The van der Waals surface area contributed by atoms with Crippen molar-refractivity contribution >= 4 is 35.6 Å². The summed E-state index contributed by atoms with van der Waals surface area (Å²) in [5.41, 5.74) is 1.29. The second kappa shape index (κ2) is 13.3. The van der Waals surface area contributed by atoms with Gasteiger partial charge in [0.1, 0.15) is 0 Å². The molecule has 1 aromatic carbocycles. The summed E-state index contributed by atoms with van der Waals surface area (Å²) in [7, 11) is 0. The Bertz CT molecular complexity index is 686. The van der Waals surface area contributed by atoms with Gasteiger partial charge < -0.3 is 5.11 Å². The van der Waals surface area contributed by atoms with E-state index in [0.29, 0.717) is 0 Å². The third-order valence-electron chi connectivity index (χ3n) is 6.33. The summed E-state index contributed by atoms with van der Waals surface area (Å²) in [6, 6.07) is 10.5. The van der Waals surface area contributed by atoms with Gasteiger partial charge in [-0.05, 0) is 68.1 Å². The normalized spacial score (nSPS) is 25.6. The first-order chi connectivity index (χ1) is 14.7. The summed E-state index contributed by atoms with van der Waals surface area (Å²) in [4.78, 5) is 10.6. The molecule has 2 bridgehead atoms. The van der Waals surface area contributed by atoms with Gasteiger partial charge in [-0.15, -0.1) is 0 Å². The third-order valence-corrected chi connectivity index (χ3v) is 9.20. The molecule has 2 aliphatic rings. The number of rotatable bonds is 14. The lowest BCUT2D eigenvalue weighted by molar-refractivity contribution is -0.137. The average molecular weight is 445 g/mol. The number of allylic oxidation sites excluding steroid dienone is 2. The maximum Gasteiger partial charge on any atom is 0.303 e. The molecular formula is C26H36O2S2. The van der Waals surface area contributed by atoms with Gasteiger partial charge in [0.15, 0.2) is 0 Å². The molecule has 4 atom stereocenters. The predicted octanol–water partition coefficient (Wildman–Crippen LogP) is 7.31. The Labute approximate surface area is 191 Å². The molecule has 0 aliphatic carbocycles. The van der Waals surface area contributed by atoms with Crippen LogP contribution in [-0.2, 0) is 4.79 Å². The molecule has 0 radical (unpaired) electrons. The minimum Gasteiger partial charge on any atom is -0.481 e. The molecule has 0 spiro atoms. The molecule has 2 aliphatic heterocycles. The molecule has 2 fully saturated rings. The first kappa shape index (κ1) is 23.5. The Morgan fingerprint density at radius 2 is 1.83 bits per heavy atom. The van der Waals surface area contributed by atoms with Crippen LogP contribution in [0.2, 0.25) is 0 Å². The predicted molar refractivity (Wildman–Crippen MR) is 133 cm³/mol. The zero-order valence-electron chi connectivity index (χ0n) is 18.0. The maximum atomic E-state index is 10.6. The van der Waals surface area contributed by atoms with Crippen molar-refractivity contribution in [1.29, 1.82) is 0 Å². The summed E-state index contributed by atoms with van der Waals surface area (Å²) < 4.78 is 0. The molecule has 0 aromatic heterocycles. The highest BCUT2D eigenvalue weighted by molar-refractivity contribution is 8.01. The van der Waals surface area contributed by atoms with Gasteiger partial charge in [-0.25, -0.2) is 0 Å². The van der Waals surface area contributed by atoms with Crippen molar-refractivity contribution in [3.8, 4) is 0 Å². The molecule has 2 nitrogen and oxygen atoms in total. The van der Waals surface area contributed by atoms with Gasteiger partial charge in [-0.3, -0.25) is 4.79 Å². The number of unbranched alkanes of at least 4 members (excludes halogenated alkanes) is 2. The largest absolute Gasteiger partial charge is 0.481 e. The van der Waals surface area contributed by atoms with Crippen molar-refractivity contribution in [1.82, 2.24) is 0 Å². The number of aliphatic carboxylic acids is 1. The van der Waals surface area contributed by atoms with Gasteiger partial charge in [0, 0.05) is 22.7 Å². The summed E-state index contributed by atoms with van der Waals surface area (Å²) >= 11 is 4.32. The van der Waals surface area contributed by atoms with Crippen molar-refractivity contribution in [2.75, 3.05) is 11.5 Å². The zero-order chi connectivity index (χ0) is 21.0. The molecule has 3 rings (SSSR count). The van der Waals surface area contributed by atoms with E-state index < -0.39 is 5.97 Å². The Morgan fingerprint density at radius 3 is 2.63 bits per heavy atom. The average Bonchev–Trinajstić information content (AvgIpc) is 3.35.